The van der Waals surface area contributed by atoms with Crippen LogP contribution in [-0.2, 0) is 0 Å². The summed E-state index contributed by atoms with van der Waals surface area (Å²) in [6, 6.07) is 13.6. The van der Waals surface area contributed by atoms with E-state index in [1.54, 1.807) is 11.8 Å². The quantitative estimate of drug-likeness (QED) is 0.693. The van der Waals surface area contributed by atoms with Crippen molar-refractivity contribution in [3.05, 3.63) is 59.3 Å². The van der Waals surface area contributed by atoms with Crippen LogP contribution in [0.2, 0.25) is 0 Å². The molecule has 1 aromatic heterocycles. The largest absolute Gasteiger partial charge is 0.497 e. The van der Waals surface area contributed by atoms with Gasteiger partial charge in [-0.3, -0.25) is 4.79 Å². The fourth-order valence-electron chi connectivity index (χ4n) is 2.51. The van der Waals surface area contributed by atoms with E-state index in [0.717, 1.165) is 34.4 Å². The van der Waals surface area contributed by atoms with E-state index in [-0.39, 0.29) is 0 Å². The van der Waals surface area contributed by atoms with Crippen LogP contribution in [-0.4, -0.2) is 28.4 Å². The lowest BCUT2D eigenvalue weighted by atomic mass is 10.1. The maximum Gasteiger partial charge on any atom is 0.172 e. The minimum atomic E-state index is 0.316. The summed E-state index contributed by atoms with van der Waals surface area (Å²) < 4.78 is 6.90. The molecule has 0 fully saturated rings. The maximum atomic E-state index is 11.4. The molecule has 0 amide bonds. The molecule has 0 spiro atoms. The molecule has 2 aromatic carbocycles. The second-order valence-electron chi connectivity index (χ2n) is 5.37. The lowest BCUT2D eigenvalue weighted by Gasteiger charge is -2.11. The second kappa shape index (κ2) is 6.04. The molecule has 0 unspecified atom stereocenters. The molecule has 5 nitrogen and oxygen atoms in total. The molecule has 0 atom stereocenters. The van der Waals surface area contributed by atoms with E-state index < -0.39 is 0 Å². The maximum absolute atomic E-state index is 11.4. The normalized spacial score (nSPS) is 10.6. The number of carbonyl (C=O) groups is 1. The van der Waals surface area contributed by atoms with Crippen LogP contribution in [0.1, 0.15) is 21.6 Å². The first kappa shape index (κ1) is 15.0. The van der Waals surface area contributed by atoms with Gasteiger partial charge < -0.3 is 4.74 Å². The molecule has 0 radical (unpaired) electrons. The summed E-state index contributed by atoms with van der Waals surface area (Å²) in [5.74, 6) is 0.757. The third-order valence-electron chi connectivity index (χ3n) is 3.76. The molecule has 0 aliphatic carbocycles. The third kappa shape index (κ3) is 2.73. The fraction of sp³-hybridized carbons (Fsp3) is 0.167. The van der Waals surface area contributed by atoms with Gasteiger partial charge in [0.2, 0.25) is 0 Å². The molecule has 0 bridgehead atoms. The first-order valence-electron chi connectivity index (χ1n) is 7.27. The van der Waals surface area contributed by atoms with Gasteiger partial charge in [0.25, 0.3) is 0 Å². The standard InChI is InChI=1S/C18H17N3O2/c1-12-4-5-13(2)17(10-12)21-18(16(11-22)19-20-21)14-6-8-15(23-3)9-7-14/h4-11H,1-3H3. The molecule has 0 N–H and O–H groups in total. The number of ether oxygens (including phenoxy) is 1. The van der Waals surface area contributed by atoms with E-state index >= 15 is 0 Å². The van der Waals surface area contributed by atoms with Crippen molar-refractivity contribution in [1.82, 2.24) is 15.0 Å². The number of nitrogens with zero attached hydrogens (tertiary/aromatic N) is 3. The predicted molar refractivity (Wildman–Crippen MR) is 88.2 cm³/mol. The Balaban J connectivity index is 2.21. The van der Waals surface area contributed by atoms with Crippen LogP contribution >= 0.6 is 0 Å². The molecule has 0 saturated heterocycles. The molecule has 23 heavy (non-hydrogen) atoms. The van der Waals surface area contributed by atoms with Crippen LogP contribution in [0.25, 0.3) is 16.9 Å². The van der Waals surface area contributed by atoms with E-state index in [9.17, 15) is 4.79 Å². The highest BCUT2D eigenvalue weighted by Crippen LogP contribution is 2.27. The van der Waals surface area contributed by atoms with E-state index in [0.29, 0.717) is 11.4 Å². The van der Waals surface area contributed by atoms with Gasteiger partial charge >= 0.3 is 0 Å². The zero-order valence-electron chi connectivity index (χ0n) is 13.3. The van der Waals surface area contributed by atoms with Crippen LogP contribution < -0.4 is 4.74 Å². The Hall–Kier alpha value is -2.95. The van der Waals surface area contributed by atoms with Crippen LogP contribution in [0.4, 0.5) is 0 Å². The average Bonchev–Trinajstić information content (AvgIpc) is 3.01. The molecule has 0 aliphatic rings. The monoisotopic (exact) mass is 307 g/mol. The summed E-state index contributed by atoms with van der Waals surface area (Å²) in [7, 11) is 1.62. The highest BCUT2D eigenvalue weighted by Gasteiger charge is 2.17. The number of aromatic nitrogens is 3. The molecule has 3 rings (SSSR count). The van der Waals surface area contributed by atoms with Crippen molar-refractivity contribution in [2.24, 2.45) is 0 Å². The molecule has 1 heterocycles. The van der Waals surface area contributed by atoms with Gasteiger partial charge in [-0.05, 0) is 55.3 Å². The Labute approximate surface area is 134 Å². The van der Waals surface area contributed by atoms with Crippen molar-refractivity contribution in [1.29, 1.82) is 0 Å². The van der Waals surface area contributed by atoms with Gasteiger partial charge in [-0.1, -0.05) is 17.3 Å². The van der Waals surface area contributed by atoms with Gasteiger partial charge in [-0.15, -0.1) is 5.10 Å². The number of hydrogen-bond acceptors (Lipinski definition) is 4. The Morgan fingerprint density at radius 1 is 1.09 bits per heavy atom. The molecule has 0 saturated carbocycles. The van der Waals surface area contributed by atoms with Crippen molar-refractivity contribution < 1.29 is 9.53 Å². The Kier molecular flexibility index (Phi) is 3.93. The average molecular weight is 307 g/mol. The molecular formula is C18H17N3O2. The number of carbonyl (C=O) groups excluding carboxylic acids is 1. The number of aryl methyl sites for hydroxylation is 2. The van der Waals surface area contributed by atoms with Crippen LogP contribution in [0.5, 0.6) is 5.75 Å². The number of hydrogen-bond donors (Lipinski definition) is 0. The van der Waals surface area contributed by atoms with Gasteiger partial charge in [0.15, 0.2) is 12.0 Å². The van der Waals surface area contributed by atoms with Gasteiger partial charge in [-0.2, -0.15) is 0 Å². The van der Waals surface area contributed by atoms with E-state index in [4.69, 9.17) is 4.74 Å². The van der Waals surface area contributed by atoms with Crippen LogP contribution in [0.3, 0.4) is 0 Å². The summed E-state index contributed by atoms with van der Waals surface area (Å²) >= 11 is 0. The highest BCUT2D eigenvalue weighted by atomic mass is 16.5. The summed E-state index contributed by atoms with van der Waals surface area (Å²) in [6.45, 7) is 4.03. The summed E-state index contributed by atoms with van der Waals surface area (Å²) in [6.07, 6.45) is 0.730. The van der Waals surface area contributed by atoms with Crippen molar-refractivity contribution in [2.45, 2.75) is 13.8 Å². The van der Waals surface area contributed by atoms with Crippen molar-refractivity contribution in [3.63, 3.8) is 0 Å². The van der Waals surface area contributed by atoms with Crippen LogP contribution in [0.15, 0.2) is 42.5 Å². The summed E-state index contributed by atoms with van der Waals surface area (Å²) in [5.41, 5.74) is 4.95. The van der Waals surface area contributed by atoms with Gasteiger partial charge in [-0.25, -0.2) is 4.68 Å². The Bertz CT molecular complexity index is 851. The minimum absolute atomic E-state index is 0.316. The van der Waals surface area contributed by atoms with Crippen molar-refractivity contribution >= 4 is 6.29 Å². The predicted octanol–water partition coefficient (Wildman–Crippen LogP) is 3.37. The lowest BCUT2D eigenvalue weighted by molar-refractivity contribution is 0.111. The number of aldehydes is 1. The van der Waals surface area contributed by atoms with E-state index in [1.807, 2.05) is 56.3 Å². The van der Waals surface area contributed by atoms with Crippen molar-refractivity contribution in [3.8, 4) is 22.7 Å². The molecule has 5 heteroatoms. The van der Waals surface area contributed by atoms with Crippen LogP contribution in [0, 0.1) is 13.8 Å². The SMILES string of the molecule is COc1ccc(-c2c(C=O)nnn2-c2cc(C)ccc2C)cc1. The zero-order chi connectivity index (χ0) is 16.4. The Morgan fingerprint density at radius 3 is 2.48 bits per heavy atom. The second-order valence-corrected chi connectivity index (χ2v) is 5.37. The van der Waals surface area contributed by atoms with Gasteiger partial charge in [0.05, 0.1) is 12.8 Å². The summed E-state index contributed by atoms with van der Waals surface area (Å²) in [4.78, 5) is 11.4. The third-order valence-corrected chi connectivity index (χ3v) is 3.76. The van der Waals surface area contributed by atoms with Gasteiger partial charge in [0, 0.05) is 5.56 Å². The van der Waals surface area contributed by atoms with Crippen molar-refractivity contribution in [2.75, 3.05) is 7.11 Å². The Morgan fingerprint density at radius 2 is 1.83 bits per heavy atom. The smallest absolute Gasteiger partial charge is 0.172 e. The molecular weight excluding hydrogens is 290 g/mol. The number of methoxy groups -OCH3 is 1. The molecule has 116 valence electrons. The minimum Gasteiger partial charge on any atom is -0.497 e. The van der Waals surface area contributed by atoms with E-state index in [1.165, 1.54) is 0 Å². The van der Waals surface area contributed by atoms with Gasteiger partial charge in [0.1, 0.15) is 11.4 Å². The fourth-order valence-corrected chi connectivity index (χ4v) is 2.51. The first-order valence-corrected chi connectivity index (χ1v) is 7.27. The highest BCUT2D eigenvalue weighted by molar-refractivity contribution is 5.84. The molecule has 3 aromatic rings. The topological polar surface area (TPSA) is 57.0 Å². The van der Waals surface area contributed by atoms with E-state index in [2.05, 4.69) is 10.3 Å². The molecule has 0 aliphatic heterocycles. The zero-order valence-corrected chi connectivity index (χ0v) is 13.3. The first-order chi connectivity index (χ1) is 11.1. The summed E-state index contributed by atoms with van der Waals surface area (Å²) in [5, 5.41) is 8.20. The number of benzene rings is 2. The number of rotatable bonds is 4. The lowest BCUT2D eigenvalue weighted by Crippen LogP contribution is -2.03.